The molecule has 0 aliphatic rings. The Kier molecular flexibility index (Phi) is 5.40. The maximum Gasteiger partial charge on any atom is 0.417 e. The van der Waals surface area contributed by atoms with Gasteiger partial charge in [0.2, 0.25) is 5.91 Å². The van der Waals surface area contributed by atoms with Gasteiger partial charge in [0.15, 0.2) is 0 Å². The number of alkyl halides is 3. The number of H-pyrrole nitrogens is 1. The highest BCUT2D eigenvalue weighted by Crippen LogP contribution is 2.29. The van der Waals surface area contributed by atoms with Gasteiger partial charge in [0.1, 0.15) is 5.69 Å². The highest BCUT2D eigenvalue weighted by Gasteiger charge is 2.31. The number of para-hydroxylation sites is 1. The van der Waals surface area contributed by atoms with Crippen LogP contribution in [0, 0.1) is 13.8 Å². The number of benzene rings is 1. The van der Waals surface area contributed by atoms with E-state index in [-0.39, 0.29) is 0 Å². The van der Waals surface area contributed by atoms with Crippen LogP contribution in [0.2, 0.25) is 0 Å². The molecular weight excluding hydrogens is 385 g/mol. The Hall–Kier alpha value is -3.62. The van der Waals surface area contributed by atoms with Crippen molar-refractivity contribution in [1.82, 2.24) is 14.8 Å². The summed E-state index contributed by atoms with van der Waals surface area (Å²) in [4.78, 5) is 25.8. The first-order valence-electron chi connectivity index (χ1n) is 8.57. The molecule has 29 heavy (non-hydrogen) atoms. The molecule has 150 valence electrons. The second-order valence-electron chi connectivity index (χ2n) is 6.28. The Labute approximate surface area is 163 Å². The van der Waals surface area contributed by atoms with Crippen LogP contribution in [0.15, 0.2) is 53.5 Å². The number of aromatic nitrogens is 3. The summed E-state index contributed by atoms with van der Waals surface area (Å²) < 4.78 is 40.1. The monoisotopic (exact) mass is 402 g/mol. The van der Waals surface area contributed by atoms with Gasteiger partial charge in [-0.25, -0.2) is 4.68 Å². The summed E-state index contributed by atoms with van der Waals surface area (Å²) in [6, 6.07) is 10.0. The zero-order valence-electron chi connectivity index (χ0n) is 15.5. The third kappa shape index (κ3) is 4.45. The highest BCUT2D eigenvalue weighted by molar-refractivity contribution is 6.02. The fourth-order valence-electron chi connectivity index (χ4n) is 2.79. The van der Waals surface area contributed by atoms with E-state index in [1.165, 1.54) is 6.08 Å². The van der Waals surface area contributed by atoms with Crippen LogP contribution in [0.1, 0.15) is 22.5 Å². The summed E-state index contributed by atoms with van der Waals surface area (Å²) in [6.45, 7) is 3.61. The maximum atomic E-state index is 12.8. The Bertz CT molecular complexity index is 1130. The average molecular weight is 402 g/mol. The smallest absolute Gasteiger partial charge is 0.327 e. The quantitative estimate of drug-likeness (QED) is 0.651. The first-order valence-corrected chi connectivity index (χ1v) is 8.57. The van der Waals surface area contributed by atoms with Gasteiger partial charge < -0.3 is 10.3 Å². The predicted octanol–water partition coefficient (Wildman–Crippen LogP) is 3.85. The van der Waals surface area contributed by atoms with Crippen molar-refractivity contribution in [3.05, 3.63) is 81.5 Å². The van der Waals surface area contributed by atoms with Gasteiger partial charge in [-0.05, 0) is 38.1 Å². The molecule has 2 heterocycles. The number of carbonyl (C=O) groups is 1. The lowest BCUT2D eigenvalue weighted by Gasteiger charge is -2.08. The predicted molar refractivity (Wildman–Crippen MR) is 103 cm³/mol. The zero-order valence-corrected chi connectivity index (χ0v) is 15.5. The van der Waals surface area contributed by atoms with Crippen LogP contribution in [0.3, 0.4) is 0 Å². The summed E-state index contributed by atoms with van der Waals surface area (Å²) >= 11 is 0. The molecule has 0 saturated carbocycles. The molecule has 3 rings (SSSR count). The van der Waals surface area contributed by atoms with Crippen LogP contribution >= 0.6 is 0 Å². The van der Waals surface area contributed by atoms with Crippen molar-refractivity contribution in [2.75, 3.05) is 5.32 Å². The second kappa shape index (κ2) is 7.78. The van der Waals surface area contributed by atoms with Gasteiger partial charge in [-0.2, -0.15) is 18.3 Å². The molecular formula is C20H17F3N4O2. The second-order valence-corrected chi connectivity index (χ2v) is 6.28. The number of amides is 1. The molecule has 0 saturated heterocycles. The minimum Gasteiger partial charge on any atom is -0.327 e. The third-order valence-electron chi connectivity index (χ3n) is 4.24. The summed E-state index contributed by atoms with van der Waals surface area (Å²) in [5.41, 5.74) is 0.635. The number of aryl methyl sites for hydroxylation is 1. The Morgan fingerprint density at radius 2 is 1.90 bits per heavy atom. The number of nitrogens with one attached hydrogen (secondary N) is 2. The lowest BCUT2D eigenvalue weighted by atomic mass is 10.2. The van der Waals surface area contributed by atoms with Crippen molar-refractivity contribution in [2.45, 2.75) is 20.0 Å². The van der Waals surface area contributed by atoms with E-state index in [0.29, 0.717) is 23.5 Å². The number of rotatable bonds is 4. The van der Waals surface area contributed by atoms with Crippen molar-refractivity contribution in [3.8, 4) is 5.69 Å². The van der Waals surface area contributed by atoms with Crippen molar-refractivity contribution < 1.29 is 18.0 Å². The molecule has 2 N–H and O–H groups in total. The van der Waals surface area contributed by atoms with E-state index in [1.54, 1.807) is 11.6 Å². The van der Waals surface area contributed by atoms with E-state index in [9.17, 15) is 22.8 Å². The Morgan fingerprint density at radius 1 is 1.21 bits per heavy atom. The first-order chi connectivity index (χ1) is 13.7. The van der Waals surface area contributed by atoms with E-state index >= 15 is 0 Å². The summed E-state index contributed by atoms with van der Waals surface area (Å²) in [6.07, 6.45) is -1.43. The van der Waals surface area contributed by atoms with Gasteiger partial charge in [-0.3, -0.25) is 9.59 Å². The number of hydrogen-bond donors (Lipinski definition) is 2. The van der Waals surface area contributed by atoms with Crippen LogP contribution < -0.4 is 10.9 Å². The van der Waals surface area contributed by atoms with Crippen molar-refractivity contribution >= 4 is 17.7 Å². The molecule has 1 aromatic carbocycles. The molecule has 1 amide bonds. The molecule has 3 aromatic rings. The molecule has 9 heteroatoms. The van der Waals surface area contributed by atoms with E-state index in [1.807, 2.05) is 42.2 Å². The summed E-state index contributed by atoms with van der Waals surface area (Å²) in [5.74, 6) is -0.735. The number of nitrogens with zero attached hydrogens (tertiary/aromatic N) is 2. The molecule has 0 fully saturated rings. The number of carbonyl (C=O) groups excluding carboxylic acids is 1. The molecule has 0 aliphatic carbocycles. The molecule has 0 aliphatic heterocycles. The third-order valence-corrected chi connectivity index (χ3v) is 4.24. The lowest BCUT2D eigenvalue weighted by Crippen LogP contribution is -2.20. The fourth-order valence-corrected chi connectivity index (χ4v) is 2.79. The minimum atomic E-state index is -4.64. The van der Waals surface area contributed by atoms with Gasteiger partial charge in [-0.1, -0.05) is 18.2 Å². The van der Waals surface area contributed by atoms with Gasteiger partial charge >= 0.3 is 6.18 Å². The Morgan fingerprint density at radius 3 is 2.55 bits per heavy atom. The summed E-state index contributed by atoms with van der Waals surface area (Å²) in [7, 11) is 0. The number of hydrogen-bond acceptors (Lipinski definition) is 3. The zero-order chi connectivity index (χ0) is 21.2. The van der Waals surface area contributed by atoms with E-state index in [2.05, 4.69) is 10.4 Å². The van der Waals surface area contributed by atoms with Gasteiger partial charge in [0.25, 0.3) is 5.56 Å². The molecule has 0 bridgehead atoms. The number of aromatic amines is 1. The van der Waals surface area contributed by atoms with E-state index in [0.717, 1.165) is 17.5 Å². The average Bonchev–Trinajstić information content (AvgIpc) is 2.95. The first kappa shape index (κ1) is 20.1. The summed E-state index contributed by atoms with van der Waals surface area (Å²) in [5, 5.41) is 6.62. The van der Waals surface area contributed by atoms with Crippen LogP contribution in [-0.2, 0) is 11.0 Å². The van der Waals surface area contributed by atoms with Crippen LogP contribution in [0.5, 0.6) is 0 Å². The van der Waals surface area contributed by atoms with Crippen molar-refractivity contribution in [2.24, 2.45) is 0 Å². The lowest BCUT2D eigenvalue weighted by molar-refractivity contribution is -0.137. The fraction of sp³-hybridized carbons (Fsp3) is 0.150. The Balaban J connectivity index is 1.82. The number of anilines is 1. The van der Waals surface area contributed by atoms with Crippen LogP contribution in [-0.4, -0.2) is 20.7 Å². The topological polar surface area (TPSA) is 79.8 Å². The highest BCUT2D eigenvalue weighted by atomic mass is 19.4. The van der Waals surface area contributed by atoms with E-state index in [4.69, 9.17) is 0 Å². The van der Waals surface area contributed by atoms with E-state index < -0.39 is 28.9 Å². The van der Waals surface area contributed by atoms with Crippen molar-refractivity contribution in [3.63, 3.8) is 0 Å². The minimum absolute atomic E-state index is 0.483. The van der Waals surface area contributed by atoms with Gasteiger partial charge in [0, 0.05) is 23.5 Å². The largest absolute Gasteiger partial charge is 0.417 e. The SMILES string of the molecule is Cc1nn(-c2ccccc2)c(C)c1C=CC(=O)Nc1cc(C(F)(F)F)c[nH]c1=O. The van der Waals surface area contributed by atoms with Gasteiger partial charge in [-0.15, -0.1) is 0 Å². The number of pyridine rings is 1. The molecule has 2 aromatic heterocycles. The molecule has 6 nitrogen and oxygen atoms in total. The van der Waals surface area contributed by atoms with Crippen LogP contribution in [0.4, 0.5) is 18.9 Å². The molecule has 0 atom stereocenters. The van der Waals surface area contributed by atoms with Crippen LogP contribution in [0.25, 0.3) is 11.8 Å². The molecule has 0 spiro atoms. The number of halogens is 3. The standard InChI is InChI=1S/C20H17F3N4O2/c1-12-16(13(2)27(26-12)15-6-4-3-5-7-15)8-9-18(28)25-17-10-14(20(21,22)23)11-24-19(17)29/h3-11H,1-2H3,(H,24,29)(H,25,28). The maximum absolute atomic E-state index is 12.8. The van der Waals surface area contributed by atoms with Gasteiger partial charge in [0.05, 0.1) is 16.9 Å². The molecule has 0 radical (unpaired) electrons. The normalized spacial score (nSPS) is 11.8. The molecule has 0 unspecified atom stereocenters. The van der Waals surface area contributed by atoms with Crippen molar-refractivity contribution in [1.29, 1.82) is 0 Å².